The van der Waals surface area contributed by atoms with Gasteiger partial charge in [0.25, 0.3) is 0 Å². The number of nitrogens with zero attached hydrogens (tertiary/aromatic N) is 3. The van der Waals surface area contributed by atoms with Crippen LogP contribution in [0, 0.1) is 0 Å². The average Bonchev–Trinajstić information content (AvgIpc) is 2.62. The molecule has 0 radical (unpaired) electrons. The molecule has 0 aliphatic heterocycles. The molecule has 6 heteroatoms. The molecule has 1 N–H and O–H groups in total. The standard InChI is InChI=1S/C21H29N3O3/c1-6-24(19-9-10-22-14-18(19)21(25)26)16-7-8-17(15(2)3)20(13-16)27-12-11-23(4)5/h7-10,13-15H,6,11-12H2,1-5H3,(H,25,26). The first-order chi connectivity index (χ1) is 12.8. The van der Waals surface area contributed by atoms with Gasteiger partial charge in [-0.25, -0.2) is 4.79 Å². The van der Waals surface area contributed by atoms with E-state index in [1.807, 2.05) is 38.1 Å². The number of rotatable bonds is 9. The van der Waals surface area contributed by atoms with Gasteiger partial charge < -0.3 is 19.6 Å². The van der Waals surface area contributed by atoms with Gasteiger partial charge in [0.05, 0.1) is 5.69 Å². The minimum Gasteiger partial charge on any atom is -0.492 e. The predicted molar refractivity (Wildman–Crippen MR) is 108 cm³/mol. The fourth-order valence-electron chi connectivity index (χ4n) is 2.91. The lowest BCUT2D eigenvalue weighted by molar-refractivity contribution is 0.0697. The van der Waals surface area contributed by atoms with Crippen LogP contribution in [0.5, 0.6) is 5.75 Å². The lowest BCUT2D eigenvalue weighted by atomic mass is 10.0. The van der Waals surface area contributed by atoms with Crippen molar-refractivity contribution in [2.45, 2.75) is 26.7 Å². The van der Waals surface area contributed by atoms with Crippen molar-refractivity contribution >= 4 is 17.3 Å². The first-order valence-corrected chi connectivity index (χ1v) is 9.21. The summed E-state index contributed by atoms with van der Waals surface area (Å²) in [7, 11) is 4.03. The molecular formula is C21H29N3O3. The molecule has 2 aromatic rings. The predicted octanol–water partition coefficient (Wildman–Crippen LogP) is 4.00. The van der Waals surface area contributed by atoms with E-state index in [-0.39, 0.29) is 5.56 Å². The first kappa shape index (κ1) is 20.7. The van der Waals surface area contributed by atoms with Crippen molar-refractivity contribution in [2.75, 3.05) is 38.7 Å². The SMILES string of the molecule is CCN(c1ccc(C(C)C)c(OCCN(C)C)c1)c1ccncc1C(=O)O. The molecule has 2 rings (SSSR count). The van der Waals surface area contributed by atoms with E-state index < -0.39 is 5.97 Å². The van der Waals surface area contributed by atoms with E-state index in [4.69, 9.17) is 4.74 Å². The largest absolute Gasteiger partial charge is 0.492 e. The van der Waals surface area contributed by atoms with E-state index in [1.165, 1.54) is 6.20 Å². The van der Waals surface area contributed by atoms with E-state index in [1.54, 1.807) is 12.3 Å². The van der Waals surface area contributed by atoms with Crippen molar-refractivity contribution in [1.29, 1.82) is 0 Å². The highest BCUT2D eigenvalue weighted by molar-refractivity contribution is 5.95. The Morgan fingerprint density at radius 1 is 1.26 bits per heavy atom. The van der Waals surface area contributed by atoms with E-state index >= 15 is 0 Å². The molecule has 6 nitrogen and oxygen atoms in total. The van der Waals surface area contributed by atoms with Gasteiger partial charge in [-0.2, -0.15) is 0 Å². The smallest absolute Gasteiger partial charge is 0.339 e. The Bertz CT molecular complexity index is 775. The number of carbonyl (C=O) groups is 1. The van der Waals surface area contributed by atoms with Crippen LogP contribution in [-0.4, -0.2) is 54.8 Å². The monoisotopic (exact) mass is 371 g/mol. The van der Waals surface area contributed by atoms with Crippen molar-refractivity contribution in [1.82, 2.24) is 9.88 Å². The number of pyridine rings is 1. The molecule has 0 aliphatic carbocycles. The van der Waals surface area contributed by atoms with Crippen molar-refractivity contribution in [3.63, 3.8) is 0 Å². The summed E-state index contributed by atoms with van der Waals surface area (Å²) < 4.78 is 6.06. The van der Waals surface area contributed by atoms with Gasteiger partial charge in [0.1, 0.15) is 17.9 Å². The highest BCUT2D eigenvalue weighted by atomic mass is 16.5. The van der Waals surface area contributed by atoms with Crippen LogP contribution in [0.4, 0.5) is 11.4 Å². The van der Waals surface area contributed by atoms with Gasteiger partial charge in [-0.1, -0.05) is 19.9 Å². The summed E-state index contributed by atoms with van der Waals surface area (Å²) >= 11 is 0. The zero-order valence-electron chi connectivity index (χ0n) is 16.8. The first-order valence-electron chi connectivity index (χ1n) is 9.21. The van der Waals surface area contributed by atoms with Crippen LogP contribution in [0.2, 0.25) is 0 Å². The van der Waals surface area contributed by atoms with Gasteiger partial charge in [-0.3, -0.25) is 4.98 Å². The lowest BCUT2D eigenvalue weighted by Gasteiger charge is -2.26. The molecule has 0 saturated heterocycles. The zero-order valence-corrected chi connectivity index (χ0v) is 16.8. The summed E-state index contributed by atoms with van der Waals surface area (Å²) in [6.07, 6.45) is 3.00. The maximum Gasteiger partial charge on any atom is 0.339 e. The maximum absolute atomic E-state index is 11.6. The lowest BCUT2D eigenvalue weighted by Crippen LogP contribution is -2.21. The van der Waals surface area contributed by atoms with E-state index in [0.717, 1.165) is 23.5 Å². The fourth-order valence-corrected chi connectivity index (χ4v) is 2.91. The minimum atomic E-state index is -0.988. The quantitative estimate of drug-likeness (QED) is 0.719. The molecule has 0 aliphatic rings. The van der Waals surface area contributed by atoms with Gasteiger partial charge in [-0.15, -0.1) is 0 Å². The number of aromatic nitrogens is 1. The summed E-state index contributed by atoms with van der Waals surface area (Å²) in [6.45, 7) is 8.32. The molecule has 146 valence electrons. The Hall–Kier alpha value is -2.60. The van der Waals surface area contributed by atoms with Crippen LogP contribution in [0.25, 0.3) is 0 Å². The van der Waals surface area contributed by atoms with Crippen molar-refractivity contribution in [3.8, 4) is 5.75 Å². The third-order valence-electron chi connectivity index (χ3n) is 4.36. The Morgan fingerprint density at radius 2 is 2.00 bits per heavy atom. The topological polar surface area (TPSA) is 65.9 Å². The number of hydrogen-bond donors (Lipinski definition) is 1. The molecule has 0 fully saturated rings. The summed E-state index contributed by atoms with van der Waals surface area (Å²) in [5, 5.41) is 9.50. The van der Waals surface area contributed by atoms with Crippen LogP contribution in [0.15, 0.2) is 36.7 Å². The van der Waals surface area contributed by atoms with E-state index in [9.17, 15) is 9.90 Å². The molecule has 1 aromatic heterocycles. The van der Waals surface area contributed by atoms with Gasteiger partial charge in [-0.05, 0) is 44.6 Å². The molecule has 0 spiro atoms. The van der Waals surface area contributed by atoms with Crippen LogP contribution in [0.3, 0.4) is 0 Å². The van der Waals surface area contributed by atoms with E-state index in [0.29, 0.717) is 24.8 Å². The summed E-state index contributed by atoms with van der Waals surface area (Å²) in [6, 6.07) is 7.81. The summed E-state index contributed by atoms with van der Waals surface area (Å²) in [4.78, 5) is 19.6. The molecule has 1 heterocycles. The van der Waals surface area contributed by atoms with Crippen LogP contribution in [0.1, 0.15) is 42.6 Å². The second kappa shape index (κ2) is 9.37. The van der Waals surface area contributed by atoms with Crippen molar-refractivity contribution in [2.24, 2.45) is 0 Å². The Morgan fingerprint density at radius 3 is 2.59 bits per heavy atom. The molecule has 0 bridgehead atoms. The van der Waals surface area contributed by atoms with Gasteiger partial charge in [0, 0.05) is 37.2 Å². The minimum absolute atomic E-state index is 0.183. The molecule has 0 saturated carbocycles. The van der Waals surface area contributed by atoms with Crippen LogP contribution in [-0.2, 0) is 0 Å². The second-order valence-electron chi connectivity index (χ2n) is 6.97. The zero-order chi connectivity index (χ0) is 20.0. The fraction of sp³-hybridized carbons (Fsp3) is 0.429. The molecule has 0 unspecified atom stereocenters. The number of benzene rings is 1. The number of aromatic carboxylic acids is 1. The highest BCUT2D eigenvalue weighted by Crippen LogP contribution is 2.35. The van der Waals surface area contributed by atoms with Crippen molar-refractivity contribution < 1.29 is 14.6 Å². The number of anilines is 2. The molecular weight excluding hydrogens is 342 g/mol. The summed E-state index contributed by atoms with van der Waals surface area (Å²) in [5.74, 6) is 0.186. The number of likely N-dealkylation sites (N-methyl/N-ethyl adjacent to an activating group) is 1. The Balaban J connectivity index is 2.42. The third kappa shape index (κ3) is 5.20. The third-order valence-corrected chi connectivity index (χ3v) is 4.36. The second-order valence-corrected chi connectivity index (χ2v) is 6.97. The molecule has 0 amide bonds. The maximum atomic E-state index is 11.6. The number of carboxylic acids is 1. The highest BCUT2D eigenvalue weighted by Gasteiger charge is 2.18. The molecule has 1 aromatic carbocycles. The molecule has 0 atom stereocenters. The number of carboxylic acid groups (broad SMARTS) is 1. The van der Waals surface area contributed by atoms with Gasteiger partial charge >= 0.3 is 5.97 Å². The van der Waals surface area contributed by atoms with Crippen LogP contribution >= 0.6 is 0 Å². The van der Waals surface area contributed by atoms with Crippen molar-refractivity contribution in [3.05, 3.63) is 47.8 Å². The Kier molecular flexibility index (Phi) is 7.19. The summed E-state index contributed by atoms with van der Waals surface area (Å²) in [5.41, 5.74) is 2.84. The normalized spacial score (nSPS) is 11.1. The van der Waals surface area contributed by atoms with E-state index in [2.05, 4.69) is 29.8 Å². The van der Waals surface area contributed by atoms with Gasteiger partial charge in [0.15, 0.2) is 0 Å². The average molecular weight is 371 g/mol. The molecule has 27 heavy (non-hydrogen) atoms. The Labute approximate surface area is 161 Å². The van der Waals surface area contributed by atoms with Gasteiger partial charge in [0.2, 0.25) is 0 Å². The van der Waals surface area contributed by atoms with Crippen LogP contribution < -0.4 is 9.64 Å². The number of hydrogen-bond acceptors (Lipinski definition) is 5. The number of ether oxygens (including phenoxy) is 1.